The summed E-state index contributed by atoms with van der Waals surface area (Å²) in [5.74, 6) is -0.0685. The lowest BCUT2D eigenvalue weighted by Crippen LogP contribution is -2.41. The van der Waals surface area contributed by atoms with E-state index in [0.717, 1.165) is 5.56 Å². The number of nitrogens with one attached hydrogen (secondary N) is 2. The van der Waals surface area contributed by atoms with Gasteiger partial charge in [0.25, 0.3) is 11.8 Å². The van der Waals surface area contributed by atoms with Crippen LogP contribution in [0.1, 0.15) is 26.4 Å². The predicted octanol–water partition coefficient (Wildman–Crippen LogP) is 2.74. The molecule has 0 aliphatic rings. The van der Waals surface area contributed by atoms with E-state index in [0.29, 0.717) is 23.7 Å². The van der Waals surface area contributed by atoms with E-state index in [1.54, 1.807) is 36.4 Å². The average molecular weight is 377 g/mol. The number of nitrogens with zero attached hydrogens (tertiary/aromatic N) is 1. The van der Waals surface area contributed by atoms with Crippen LogP contribution in [0.5, 0.6) is 11.5 Å². The second kappa shape index (κ2) is 9.18. The van der Waals surface area contributed by atoms with Crippen molar-refractivity contribution in [3.8, 4) is 11.5 Å². The number of amides is 2. The van der Waals surface area contributed by atoms with Crippen molar-refractivity contribution in [2.24, 2.45) is 0 Å². The van der Waals surface area contributed by atoms with Crippen LogP contribution in [-0.4, -0.2) is 23.9 Å². The Morgan fingerprint density at radius 3 is 2.36 bits per heavy atom. The molecule has 7 heteroatoms. The van der Waals surface area contributed by atoms with Crippen LogP contribution in [0.4, 0.5) is 0 Å². The normalized spacial score (nSPS) is 10.0. The van der Waals surface area contributed by atoms with Crippen LogP contribution < -0.4 is 20.3 Å². The van der Waals surface area contributed by atoms with Gasteiger partial charge in [0.1, 0.15) is 12.3 Å². The third-order valence-electron chi connectivity index (χ3n) is 3.85. The Hall–Kier alpha value is -3.87. The summed E-state index contributed by atoms with van der Waals surface area (Å²) >= 11 is 0. The summed E-state index contributed by atoms with van der Waals surface area (Å²) in [6, 6.07) is 19.4. The maximum atomic E-state index is 12.3. The van der Waals surface area contributed by atoms with Crippen LogP contribution in [-0.2, 0) is 6.61 Å². The minimum absolute atomic E-state index is 0.199. The molecule has 0 spiro atoms. The Kier molecular flexibility index (Phi) is 6.20. The van der Waals surface area contributed by atoms with Crippen LogP contribution in [0.2, 0.25) is 0 Å². The average Bonchev–Trinajstić information content (AvgIpc) is 2.77. The van der Waals surface area contributed by atoms with Crippen LogP contribution in [0.15, 0.2) is 72.9 Å². The highest BCUT2D eigenvalue weighted by Crippen LogP contribution is 2.28. The van der Waals surface area contributed by atoms with E-state index in [1.165, 1.54) is 13.3 Å². The molecule has 7 nitrogen and oxygen atoms in total. The summed E-state index contributed by atoms with van der Waals surface area (Å²) < 4.78 is 11.1. The molecule has 0 atom stereocenters. The van der Waals surface area contributed by atoms with Gasteiger partial charge in [0.15, 0.2) is 11.5 Å². The van der Waals surface area contributed by atoms with Crippen molar-refractivity contribution >= 4 is 11.8 Å². The fourth-order valence-electron chi connectivity index (χ4n) is 2.41. The van der Waals surface area contributed by atoms with Crippen molar-refractivity contribution in [3.63, 3.8) is 0 Å². The van der Waals surface area contributed by atoms with Gasteiger partial charge in [-0.2, -0.15) is 0 Å². The standard InChI is InChI=1S/C21H19N3O4/c1-27-19-13-16(10-11-18(19)28-14-15-7-3-2-4-8-15)20(25)23-24-21(26)17-9-5-6-12-22-17/h2-13H,14H2,1H3,(H,23,25)(H,24,26). The van der Waals surface area contributed by atoms with Crippen molar-refractivity contribution in [3.05, 3.63) is 89.7 Å². The van der Waals surface area contributed by atoms with E-state index >= 15 is 0 Å². The SMILES string of the molecule is COc1cc(C(=O)NNC(=O)c2ccccn2)ccc1OCc1ccccc1. The number of aromatic nitrogens is 1. The van der Waals surface area contributed by atoms with Crippen LogP contribution in [0, 0.1) is 0 Å². The van der Waals surface area contributed by atoms with Gasteiger partial charge in [-0.05, 0) is 35.9 Å². The summed E-state index contributed by atoms with van der Waals surface area (Å²) in [5.41, 5.74) is 6.20. The Morgan fingerprint density at radius 1 is 0.893 bits per heavy atom. The number of benzene rings is 2. The van der Waals surface area contributed by atoms with Gasteiger partial charge in [0, 0.05) is 11.8 Å². The van der Waals surface area contributed by atoms with Gasteiger partial charge >= 0.3 is 0 Å². The van der Waals surface area contributed by atoms with Crippen LogP contribution in [0.25, 0.3) is 0 Å². The van der Waals surface area contributed by atoms with Crippen molar-refractivity contribution in [2.45, 2.75) is 6.61 Å². The number of methoxy groups -OCH3 is 1. The number of rotatable bonds is 6. The van der Waals surface area contributed by atoms with Gasteiger partial charge < -0.3 is 9.47 Å². The maximum absolute atomic E-state index is 12.3. The quantitative estimate of drug-likeness (QED) is 0.645. The van der Waals surface area contributed by atoms with E-state index in [4.69, 9.17) is 9.47 Å². The number of carbonyl (C=O) groups is 2. The predicted molar refractivity (Wildman–Crippen MR) is 103 cm³/mol. The van der Waals surface area contributed by atoms with E-state index in [-0.39, 0.29) is 5.69 Å². The molecule has 0 unspecified atom stereocenters. The van der Waals surface area contributed by atoms with Gasteiger partial charge in [-0.25, -0.2) is 0 Å². The zero-order valence-corrected chi connectivity index (χ0v) is 15.2. The molecule has 2 amide bonds. The zero-order valence-electron chi connectivity index (χ0n) is 15.2. The zero-order chi connectivity index (χ0) is 19.8. The van der Waals surface area contributed by atoms with Crippen molar-refractivity contribution in [2.75, 3.05) is 7.11 Å². The molecule has 28 heavy (non-hydrogen) atoms. The molecule has 0 aliphatic heterocycles. The first-order chi connectivity index (χ1) is 13.7. The monoisotopic (exact) mass is 377 g/mol. The Balaban J connectivity index is 1.62. The summed E-state index contributed by atoms with van der Waals surface area (Å²) in [4.78, 5) is 28.2. The summed E-state index contributed by atoms with van der Waals surface area (Å²) in [6.45, 7) is 0.378. The lowest BCUT2D eigenvalue weighted by atomic mass is 10.2. The fourth-order valence-corrected chi connectivity index (χ4v) is 2.41. The second-order valence-electron chi connectivity index (χ2n) is 5.76. The highest BCUT2D eigenvalue weighted by Gasteiger charge is 2.13. The number of hydrogen-bond donors (Lipinski definition) is 2. The molecule has 142 valence electrons. The fraction of sp³-hybridized carbons (Fsp3) is 0.0952. The summed E-state index contributed by atoms with van der Waals surface area (Å²) in [6.07, 6.45) is 1.50. The molecule has 0 fully saturated rings. The Morgan fingerprint density at radius 2 is 1.64 bits per heavy atom. The van der Waals surface area contributed by atoms with Gasteiger partial charge in [0.05, 0.1) is 7.11 Å². The lowest BCUT2D eigenvalue weighted by Gasteiger charge is -2.12. The molecule has 0 saturated heterocycles. The molecular weight excluding hydrogens is 358 g/mol. The van der Waals surface area contributed by atoms with Gasteiger partial charge in [-0.15, -0.1) is 0 Å². The first-order valence-corrected chi connectivity index (χ1v) is 8.54. The van der Waals surface area contributed by atoms with Crippen molar-refractivity contribution in [1.82, 2.24) is 15.8 Å². The number of ether oxygens (including phenoxy) is 2. The van der Waals surface area contributed by atoms with Gasteiger partial charge in [-0.1, -0.05) is 36.4 Å². The lowest BCUT2D eigenvalue weighted by molar-refractivity contribution is 0.0843. The first kappa shape index (κ1) is 18.9. The van der Waals surface area contributed by atoms with E-state index in [2.05, 4.69) is 15.8 Å². The Labute approximate surface area is 162 Å². The molecule has 1 aromatic heterocycles. The van der Waals surface area contributed by atoms with Crippen molar-refractivity contribution in [1.29, 1.82) is 0 Å². The molecule has 2 aromatic carbocycles. The minimum atomic E-state index is -0.510. The van der Waals surface area contributed by atoms with E-state index < -0.39 is 11.8 Å². The third kappa shape index (κ3) is 4.85. The van der Waals surface area contributed by atoms with E-state index in [1.807, 2.05) is 30.3 Å². The Bertz CT molecular complexity index is 946. The largest absolute Gasteiger partial charge is 0.493 e. The number of carbonyl (C=O) groups excluding carboxylic acids is 2. The van der Waals surface area contributed by atoms with Crippen molar-refractivity contribution < 1.29 is 19.1 Å². The second-order valence-corrected chi connectivity index (χ2v) is 5.76. The summed E-state index contributed by atoms with van der Waals surface area (Å²) in [7, 11) is 1.50. The van der Waals surface area contributed by atoms with Crippen LogP contribution >= 0.6 is 0 Å². The molecule has 1 heterocycles. The topological polar surface area (TPSA) is 89.6 Å². The smallest absolute Gasteiger partial charge is 0.288 e. The highest BCUT2D eigenvalue weighted by atomic mass is 16.5. The molecule has 0 aliphatic carbocycles. The first-order valence-electron chi connectivity index (χ1n) is 8.54. The molecule has 2 N–H and O–H groups in total. The third-order valence-corrected chi connectivity index (χ3v) is 3.85. The molecule has 0 saturated carbocycles. The number of hydrogen-bond acceptors (Lipinski definition) is 5. The highest BCUT2D eigenvalue weighted by molar-refractivity contribution is 5.98. The minimum Gasteiger partial charge on any atom is -0.493 e. The maximum Gasteiger partial charge on any atom is 0.288 e. The molecule has 0 radical (unpaired) electrons. The molecular formula is C21H19N3O4. The molecule has 0 bridgehead atoms. The van der Waals surface area contributed by atoms with Gasteiger partial charge in [0.2, 0.25) is 0 Å². The molecule has 3 aromatic rings. The van der Waals surface area contributed by atoms with E-state index in [9.17, 15) is 9.59 Å². The number of hydrazine groups is 1. The number of pyridine rings is 1. The van der Waals surface area contributed by atoms with Crippen LogP contribution in [0.3, 0.4) is 0 Å². The molecule has 3 rings (SSSR count). The summed E-state index contributed by atoms with van der Waals surface area (Å²) in [5, 5.41) is 0. The van der Waals surface area contributed by atoms with Gasteiger partial charge in [-0.3, -0.25) is 25.4 Å².